The summed E-state index contributed by atoms with van der Waals surface area (Å²) in [5.74, 6) is 0. The number of carbonyl (C=O) groups is 1. The maximum atomic E-state index is 11.5. The molecule has 0 aromatic carbocycles. The molecule has 1 amide bonds. The fourth-order valence-electron chi connectivity index (χ4n) is 2.25. The summed E-state index contributed by atoms with van der Waals surface area (Å²) < 4.78 is 0. The fraction of sp³-hybridized carbons (Fsp3) is 0.500. The molecule has 1 aromatic rings. The molecule has 4 nitrogen and oxygen atoms in total. The minimum absolute atomic E-state index is 0.0427. The van der Waals surface area contributed by atoms with E-state index in [1.165, 1.54) is 0 Å². The molecule has 1 saturated heterocycles. The number of nitrogens with zero attached hydrogens (tertiary/aromatic N) is 1. The summed E-state index contributed by atoms with van der Waals surface area (Å²) in [5, 5.41) is 0. The zero-order chi connectivity index (χ0) is 11.4. The fourth-order valence-corrected chi connectivity index (χ4v) is 2.25. The van der Waals surface area contributed by atoms with Gasteiger partial charge in [0.1, 0.15) is 0 Å². The van der Waals surface area contributed by atoms with Gasteiger partial charge in [0.05, 0.1) is 0 Å². The van der Waals surface area contributed by atoms with Crippen LogP contribution in [0.15, 0.2) is 23.1 Å². The molecule has 0 spiro atoms. The molecule has 0 bridgehead atoms. The maximum Gasteiger partial charge on any atom is 0.251 e. The summed E-state index contributed by atoms with van der Waals surface area (Å²) in [4.78, 5) is 26.9. The normalized spacial score (nSPS) is 20.8. The van der Waals surface area contributed by atoms with Crippen LogP contribution in [0, 0.1) is 0 Å². The van der Waals surface area contributed by atoms with Crippen LogP contribution >= 0.6 is 0 Å². The van der Waals surface area contributed by atoms with Crippen molar-refractivity contribution >= 4 is 6.41 Å². The van der Waals surface area contributed by atoms with Crippen molar-refractivity contribution in [2.45, 2.75) is 31.7 Å². The largest absolute Gasteiger partial charge is 0.342 e. The van der Waals surface area contributed by atoms with Crippen LogP contribution < -0.4 is 5.56 Å². The highest BCUT2D eigenvalue weighted by Gasteiger charge is 2.21. The first-order chi connectivity index (χ1) is 7.81. The predicted octanol–water partition coefficient (Wildman–Crippen LogP) is 0.928. The molecule has 2 heterocycles. The molecule has 0 radical (unpaired) electrons. The van der Waals surface area contributed by atoms with Crippen molar-refractivity contribution in [1.29, 1.82) is 0 Å². The molecule has 86 valence electrons. The summed E-state index contributed by atoms with van der Waals surface area (Å²) >= 11 is 0. The molecule has 4 heteroatoms. The first kappa shape index (κ1) is 10.9. The topological polar surface area (TPSA) is 53.2 Å². The molecule has 0 aliphatic carbocycles. The molecule has 2 rings (SSSR count). The van der Waals surface area contributed by atoms with Gasteiger partial charge in [0.15, 0.2) is 0 Å². The van der Waals surface area contributed by atoms with Crippen molar-refractivity contribution in [2.24, 2.45) is 0 Å². The SMILES string of the molecule is O=CN1CCCCC1Cc1ccc[nH]c1=O. The lowest BCUT2D eigenvalue weighted by Gasteiger charge is -2.32. The maximum absolute atomic E-state index is 11.5. The minimum Gasteiger partial charge on any atom is -0.342 e. The van der Waals surface area contributed by atoms with E-state index in [2.05, 4.69) is 4.98 Å². The number of amides is 1. The Morgan fingerprint density at radius 2 is 2.38 bits per heavy atom. The molecule has 1 aliphatic heterocycles. The zero-order valence-corrected chi connectivity index (χ0v) is 9.19. The molecule has 1 atom stereocenters. The van der Waals surface area contributed by atoms with Gasteiger partial charge in [-0.3, -0.25) is 9.59 Å². The highest BCUT2D eigenvalue weighted by molar-refractivity contribution is 5.48. The third kappa shape index (κ3) is 2.32. The molecule has 1 aliphatic rings. The van der Waals surface area contributed by atoms with Gasteiger partial charge in [-0.25, -0.2) is 0 Å². The van der Waals surface area contributed by atoms with E-state index in [9.17, 15) is 9.59 Å². The summed E-state index contributed by atoms with van der Waals surface area (Å²) in [6.07, 6.45) is 6.40. The number of nitrogens with one attached hydrogen (secondary N) is 1. The first-order valence-corrected chi connectivity index (χ1v) is 5.69. The quantitative estimate of drug-likeness (QED) is 0.770. The Kier molecular flexibility index (Phi) is 3.39. The standard InChI is InChI=1S/C12H16N2O2/c15-9-14-7-2-1-5-11(14)8-10-4-3-6-13-12(10)16/h3-4,6,9,11H,1-2,5,7-8H2,(H,13,16). The van der Waals surface area contributed by atoms with Gasteiger partial charge in [-0.2, -0.15) is 0 Å². The summed E-state index contributed by atoms with van der Waals surface area (Å²) in [7, 11) is 0. The lowest BCUT2D eigenvalue weighted by atomic mass is 9.97. The van der Waals surface area contributed by atoms with E-state index >= 15 is 0 Å². The van der Waals surface area contributed by atoms with Gasteiger partial charge >= 0.3 is 0 Å². The number of aromatic nitrogens is 1. The zero-order valence-electron chi connectivity index (χ0n) is 9.19. The summed E-state index contributed by atoms with van der Waals surface area (Å²) in [6, 6.07) is 3.84. The van der Waals surface area contributed by atoms with Crippen LogP contribution in [0.25, 0.3) is 0 Å². The van der Waals surface area contributed by atoms with Crippen molar-refractivity contribution in [3.63, 3.8) is 0 Å². The van der Waals surface area contributed by atoms with Crippen LogP contribution in [0.2, 0.25) is 0 Å². The van der Waals surface area contributed by atoms with Crippen LogP contribution in [0.4, 0.5) is 0 Å². The van der Waals surface area contributed by atoms with Crippen LogP contribution in [-0.2, 0) is 11.2 Å². The average molecular weight is 220 g/mol. The average Bonchev–Trinajstić information content (AvgIpc) is 2.33. The van der Waals surface area contributed by atoms with Gasteiger partial charge in [-0.05, 0) is 31.7 Å². The molecule has 1 N–H and O–H groups in total. The number of H-pyrrole nitrogens is 1. The van der Waals surface area contributed by atoms with Crippen molar-refractivity contribution in [2.75, 3.05) is 6.54 Å². The number of rotatable bonds is 3. The third-order valence-corrected chi connectivity index (χ3v) is 3.16. The second kappa shape index (κ2) is 4.96. The van der Waals surface area contributed by atoms with Gasteiger partial charge in [0.25, 0.3) is 5.56 Å². The van der Waals surface area contributed by atoms with E-state index in [0.717, 1.165) is 37.8 Å². The molecule has 1 aromatic heterocycles. The highest BCUT2D eigenvalue weighted by atomic mass is 16.1. The number of carbonyl (C=O) groups excluding carboxylic acids is 1. The van der Waals surface area contributed by atoms with Crippen LogP contribution in [-0.4, -0.2) is 28.9 Å². The second-order valence-electron chi connectivity index (χ2n) is 4.22. The Morgan fingerprint density at radius 3 is 3.12 bits per heavy atom. The molecule has 16 heavy (non-hydrogen) atoms. The number of aromatic amines is 1. The van der Waals surface area contributed by atoms with E-state index in [0.29, 0.717) is 6.42 Å². The minimum atomic E-state index is -0.0427. The third-order valence-electron chi connectivity index (χ3n) is 3.16. The lowest BCUT2D eigenvalue weighted by Crippen LogP contribution is -2.40. The molecule has 1 fully saturated rings. The predicted molar refractivity (Wildman–Crippen MR) is 61.2 cm³/mol. The van der Waals surface area contributed by atoms with Crippen LogP contribution in [0.5, 0.6) is 0 Å². The second-order valence-corrected chi connectivity index (χ2v) is 4.22. The van der Waals surface area contributed by atoms with E-state index in [1.807, 2.05) is 17.0 Å². The van der Waals surface area contributed by atoms with Crippen molar-refractivity contribution in [1.82, 2.24) is 9.88 Å². The number of pyridine rings is 1. The van der Waals surface area contributed by atoms with Crippen LogP contribution in [0.1, 0.15) is 24.8 Å². The molecule has 0 saturated carbocycles. The van der Waals surface area contributed by atoms with E-state index in [4.69, 9.17) is 0 Å². The summed E-state index contributed by atoms with van der Waals surface area (Å²) in [6.45, 7) is 0.818. The first-order valence-electron chi connectivity index (χ1n) is 5.69. The van der Waals surface area contributed by atoms with Gasteiger partial charge in [-0.15, -0.1) is 0 Å². The number of hydrogen-bond donors (Lipinski definition) is 1. The van der Waals surface area contributed by atoms with E-state index in [1.54, 1.807) is 6.20 Å². The molecule has 1 unspecified atom stereocenters. The van der Waals surface area contributed by atoms with Crippen molar-refractivity contribution in [3.8, 4) is 0 Å². The summed E-state index contributed by atoms with van der Waals surface area (Å²) in [5.41, 5.74) is 0.722. The van der Waals surface area contributed by atoms with Crippen LogP contribution in [0.3, 0.4) is 0 Å². The van der Waals surface area contributed by atoms with Crippen molar-refractivity contribution in [3.05, 3.63) is 34.2 Å². The van der Waals surface area contributed by atoms with E-state index < -0.39 is 0 Å². The Morgan fingerprint density at radius 1 is 1.50 bits per heavy atom. The van der Waals surface area contributed by atoms with E-state index in [-0.39, 0.29) is 11.6 Å². The Labute approximate surface area is 94.3 Å². The number of piperidine rings is 1. The number of likely N-dealkylation sites (tertiary alicyclic amines) is 1. The Hall–Kier alpha value is -1.58. The lowest BCUT2D eigenvalue weighted by molar-refractivity contribution is -0.121. The highest BCUT2D eigenvalue weighted by Crippen LogP contribution is 2.17. The molecular weight excluding hydrogens is 204 g/mol. The monoisotopic (exact) mass is 220 g/mol. The van der Waals surface area contributed by atoms with Crippen molar-refractivity contribution < 1.29 is 4.79 Å². The molecular formula is C12H16N2O2. The smallest absolute Gasteiger partial charge is 0.251 e. The van der Waals surface area contributed by atoms with Gasteiger partial charge in [-0.1, -0.05) is 6.07 Å². The van der Waals surface area contributed by atoms with Gasteiger partial charge in [0.2, 0.25) is 6.41 Å². The van der Waals surface area contributed by atoms with Gasteiger partial charge < -0.3 is 9.88 Å². The Balaban J connectivity index is 2.11. The van der Waals surface area contributed by atoms with Gasteiger partial charge in [0, 0.05) is 24.3 Å². The Bertz CT molecular complexity index is 413. The number of hydrogen-bond acceptors (Lipinski definition) is 2.